The van der Waals surface area contributed by atoms with E-state index in [9.17, 15) is 9.18 Å². The zero-order chi connectivity index (χ0) is 22.3. The van der Waals surface area contributed by atoms with E-state index in [1.54, 1.807) is 13.2 Å². The zero-order valence-electron chi connectivity index (χ0n) is 19.0. The lowest BCUT2D eigenvalue weighted by Crippen LogP contribution is -2.52. The van der Waals surface area contributed by atoms with Gasteiger partial charge in [0.05, 0.1) is 19.3 Å². The maximum absolute atomic E-state index is 14.0. The van der Waals surface area contributed by atoms with Gasteiger partial charge < -0.3 is 14.5 Å². The predicted molar refractivity (Wildman–Crippen MR) is 126 cm³/mol. The Morgan fingerprint density at radius 2 is 1.66 bits per heavy atom. The van der Waals surface area contributed by atoms with Crippen LogP contribution in [0.25, 0.3) is 0 Å². The van der Waals surface area contributed by atoms with Crippen LogP contribution in [0, 0.1) is 11.7 Å². The fraction of sp³-hybridized carbons (Fsp3) is 0.500. The summed E-state index contributed by atoms with van der Waals surface area (Å²) in [7, 11) is 1.69. The van der Waals surface area contributed by atoms with Crippen molar-refractivity contribution in [1.82, 2.24) is 9.80 Å². The van der Waals surface area contributed by atoms with Crippen LogP contribution >= 0.6 is 0 Å². The normalized spacial score (nSPS) is 18.1. The number of methoxy groups -OCH3 is 1. The zero-order valence-corrected chi connectivity index (χ0v) is 19.0. The number of halogens is 1. The number of aryl methyl sites for hydroxylation is 1. The number of likely N-dealkylation sites (tertiary alicyclic amines) is 1. The minimum absolute atomic E-state index is 0.192. The molecule has 0 N–H and O–H groups in total. The van der Waals surface area contributed by atoms with Crippen LogP contribution in [0.4, 0.5) is 10.1 Å². The van der Waals surface area contributed by atoms with Crippen LogP contribution in [0.1, 0.15) is 24.8 Å². The second-order valence-electron chi connectivity index (χ2n) is 8.93. The number of ether oxygens (including phenoxy) is 1. The molecule has 2 aliphatic rings. The van der Waals surface area contributed by atoms with E-state index < -0.39 is 0 Å². The molecule has 172 valence electrons. The van der Waals surface area contributed by atoms with Crippen LogP contribution in [0.3, 0.4) is 0 Å². The molecule has 2 saturated heterocycles. The molecular weight excluding hydrogens is 405 g/mol. The molecule has 6 heteroatoms. The molecule has 0 radical (unpaired) electrons. The van der Waals surface area contributed by atoms with Crippen molar-refractivity contribution in [3.63, 3.8) is 0 Å². The van der Waals surface area contributed by atoms with Crippen molar-refractivity contribution in [3.05, 3.63) is 59.9 Å². The number of piperazine rings is 1. The first-order chi connectivity index (χ1) is 15.6. The van der Waals surface area contributed by atoms with E-state index in [1.165, 1.54) is 18.1 Å². The Labute approximate surface area is 190 Å². The van der Waals surface area contributed by atoms with E-state index in [4.69, 9.17) is 4.74 Å². The van der Waals surface area contributed by atoms with E-state index >= 15 is 0 Å². The molecule has 2 aromatic carbocycles. The Hall–Kier alpha value is -2.60. The number of hydrogen-bond donors (Lipinski definition) is 0. The van der Waals surface area contributed by atoms with Crippen LogP contribution in [0.15, 0.2) is 48.5 Å². The van der Waals surface area contributed by atoms with Crippen molar-refractivity contribution in [2.75, 3.05) is 57.8 Å². The standard InChI is InChI=1S/C26H34FN3O2/c1-32-23-10-8-21(9-11-23)6-7-22-12-14-28(15-13-22)20-26(31)30-18-16-29(17-19-30)25-5-3-2-4-24(25)27/h2-5,8-11,22H,6-7,12-20H2,1H3. The van der Waals surface area contributed by atoms with Crippen LogP contribution in [0.2, 0.25) is 0 Å². The number of carbonyl (C=O) groups is 1. The van der Waals surface area contributed by atoms with E-state index in [0.29, 0.717) is 38.4 Å². The monoisotopic (exact) mass is 439 g/mol. The summed E-state index contributed by atoms with van der Waals surface area (Å²) in [5.41, 5.74) is 1.99. The highest BCUT2D eigenvalue weighted by Crippen LogP contribution is 2.24. The summed E-state index contributed by atoms with van der Waals surface area (Å²) >= 11 is 0. The molecule has 0 spiro atoms. The first kappa shape index (κ1) is 22.6. The molecule has 2 aromatic rings. The third kappa shape index (κ3) is 5.80. The smallest absolute Gasteiger partial charge is 0.236 e. The van der Waals surface area contributed by atoms with Gasteiger partial charge in [-0.05, 0) is 74.5 Å². The Morgan fingerprint density at radius 3 is 2.31 bits per heavy atom. The molecule has 0 saturated carbocycles. The van der Waals surface area contributed by atoms with E-state index in [0.717, 1.165) is 44.0 Å². The summed E-state index contributed by atoms with van der Waals surface area (Å²) in [5.74, 6) is 1.64. The van der Waals surface area contributed by atoms with Crippen LogP contribution in [0.5, 0.6) is 5.75 Å². The van der Waals surface area contributed by atoms with Gasteiger partial charge in [-0.2, -0.15) is 0 Å². The Bertz CT molecular complexity index is 873. The van der Waals surface area contributed by atoms with Crippen molar-refractivity contribution in [3.8, 4) is 5.75 Å². The number of anilines is 1. The summed E-state index contributed by atoms with van der Waals surface area (Å²) in [6, 6.07) is 15.2. The van der Waals surface area contributed by atoms with Crippen LogP contribution in [-0.4, -0.2) is 68.6 Å². The number of nitrogens with zero attached hydrogens (tertiary/aromatic N) is 3. The Kier molecular flexibility index (Phi) is 7.63. The van der Waals surface area contributed by atoms with Gasteiger partial charge in [0.25, 0.3) is 0 Å². The largest absolute Gasteiger partial charge is 0.497 e. The molecule has 2 aliphatic heterocycles. The van der Waals surface area contributed by atoms with Gasteiger partial charge in [-0.3, -0.25) is 9.69 Å². The molecule has 0 unspecified atom stereocenters. The highest BCUT2D eigenvalue weighted by molar-refractivity contribution is 5.78. The predicted octanol–water partition coefficient (Wildman–Crippen LogP) is 3.83. The fourth-order valence-corrected chi connectivity index (χ4v) is 4.79. The van der Waals surface area contributed by atoms with Crippen LogP contribution in [-0.2, 0) is 11.2 Å². The number of carbonyl (C=O) groups excluding carboxylic acids is 1. The van der Waals surface area contributed by atoms with Crippen molar-refractivity contribution >= 4 is 11.6 Å². The lowest BCUT2D eigenvalue weighted by atomic mass is 9.90. The van der Waals surface area contributed by atoms with Crippen molar-refractivity contribution < 1.29 is 13.9 Å². The molecule has 4 rings (SSSR count). The maximum atomic E-state index is 14.0. The summed E-state index contributed by atoms with van der Waals surface area (Å²) in [6.45, 7) is 5.17. The summed E-state index contributed by atoms with van der Waals surface area (Å²) in [4.78, 5) is 19.1. The molecule has 1 amide bonds. The van der Waals surface area contributed by atoms with Crippen LogP contribution < -0.4 is 9.64 Å². The molecule has 0 atom stereocenters. The fourth-order valence-electron chi connectivity index (χ4n) is 4.79. The molecule has 0 aromatic heterocycles. The molecule has 2 heterocycles. The highest BCUT2D eigenvalue weighted by atomic mass is 19.1. The second kappa shape index (κ2) is 10.8. The SMILES string of the molecule is COc1ccc(CCC2CCN(CC(=O)N3CCN(c4ccccc4F)CC3)CC2)cc1. The Balaban J connectivity index is 1.16. The average molecular weight is 440 g/mol. The van der Waals surface area contributed by atoms with Gasteiger partial charge in [0.15, 0.2) is 0 Å². The summed E-state index contributed by atoms with van der Waals surface area (Å²) in [6.07, 6.45) is 4.61. The van der Waals surface area contributed by atoms with Crippen molar-refractivity contribution in [2.45, 2.75) is 25.7 Å². The number of para-hydroxylation sites is 1. The van der Waals surface area contributed by atoms with E-state index in [2.05, 4.69) is 17.0 Å². The lowest BCUT2D eigenvalue weighted by Gasteiger charge is -2.38. The third-order valence-electron chi connectivity index (χ3n) is 6.89. The molecule has 5 nitrogen and oxygen atoms in total. The number of benzene rings is 2. The number of amides is 1. The minimum Gasteiger partial charge on any atom is -0.497 e. The first-order valence-electron chi connectivity index (χ1n) is 11.7. The van der Waals surface area contributed by atoms with Gasteiger partial charge in [0.1, 0.15) is 11.6 Å². The number of rotatable bonds is 7. The molecule has 32 heavy (non-hydrogen) atoms. The summed E-state index contributed by atoms with van der Waals surface area (Å²) < 4.78 is 19.2. The highest BCUT2D eigenvalue weighted by Gasteiger charge is 2.26. The minimum atomic E-state index is -0.192. The Morgan fingerprint density at radius 1 is 0.969 bits per heavy atom. The second-order valence-corrected chi connectivity index (χ2v) is 8.93. The first-order valence-corrected chi connectivity index (χ1v) is 11.7. The number of hydrogen-bond acceptors (Lipinski definition) is 4. The van der Waals surface area contributed by atoms with Gasteiger partial charge in [-0.25, -0.2) is 4.39 Å². The molecule has 0 bridgehead atoms. The van der Waals surface area contributed by atoms with Crippen molar-refractivity contribution in [2.24, 2.45) is 5.92 Å². The molecule has 0 aliphatic carbocycles. The van der Waals surface area contributed by atoms with E-state index in [-0.39, 0.29) is 11.7 Å². The van der Waals surface area contributed by atoms with Gasteiger partial charge in [-0.1, -0.05) is 24.3 Å². The van der Waals surface area contributed by atoms with Gasteiger partial charge in [0, 0.05) is 26.2 Å². The van der Waals surface area contributed by atoms with E-state index in [1.807, 2.05) is 34.1 Å². The molecule has 2 fully saturated rings. The summed E-state index contributed by atoms with van der Waals surface area (Å²) in [5, 5.41) is 0. The quantitative estimate of drug-likeness (QED) is 0.657. The molecular formula is C26H34FN3O2. The lowest BCUT2D eigenvalue weighted by molar-refractivity contribution is -0.133. The third-order valence-corrected chi connectivity index (χ3v) is 6.89. The maximum Gasteiger partial charge on any atom is 0.236 e. The van der Waals surface area contributed by atoms with Gasteiger partial charge >= 0.3 is 0 Å². The number of piperidine rings is 1. The topological polar surface area (TPSA) is 36.0 Å². The average Bonchev–Trinajstić information content (AvgIpc) is 2.84. The van der Waals surface area contributed by atoms with Gasteiger partial charge in [0.2, 0.25) is 5.91 Å². The van der Waals surface area contributed by atoms with Crippen molar-refractivity contribution in [1.29, 1.82) is 0 Å². The van der Waals surface area contributed by atoms with Gasteiger partial charge in [-0.15, -0.1) is 0 Å².